The van der Waals surface area contributed by atoms with E-state index in [0.717, 1.165) is 30.4 Å². The topological polar surface area (TPSA) is 71.5 Å². The van der Waals surface area contributed by atoms with Gasteiger partial charge in [0, 0.05) is 12.6 Å². The zero-order valence-corrected chi connectivity index (χ0v) is 14.4. The van der Waals surface area contributed by atoms with Gasteiger partial charge in [-0.25, -0.2) is 13.8 Å². The Morgan fingerprint density at radius 1 is 1.44 bits per heavy atom. The molecule has 1 aromatic heterocycles. The Labute approximate surface area is 146 Å². The second-order valence-electron chi connectivity index (χ2n) is 5.89. The maximum atomic E-state index is 13.7. The number of hydrogen-bond acceptors (Lipinski definition) is 6. The number of thiazole rings is 1. The van der Waals surface area contributed by atoms with Crippen molar-refractivity contribution in [3.05, 3.63) is 23.8 Å². The van der Waals surface area contributed by atoms with Gasteiger partial charge in [0.15, 0.2) is 10.9 Å². The third-order valence-electron chi connectivity index (χ3n) is 4.10. The van der Waals surface area contributed by atoms with Crippen LogP contribution in [0.3, 0.4) is 0 Å². The van der Waals surface area contributed by atoms with Gasteiger partial charge in [-0.05, 0) is 25.5 Å². The summed E-state index contributed by atoms with van der Waals surface area (Å²) in [6.45, 7) is 1.31. The molecule has 0 saturated carbocycles. The number of anilines is 1. The predicted octanol–water partition coefficient (Wildman–Crippen LogP) is 2.40. The molecular formula is C16H17F2N3O3S. The van der Waals surface area contributed by atoms with Crippen molar-refractivity contribution in [1.29, 1.82) is 0 Å². The quantitative estimate of drug-likeness (QED) is 0.838. The van der Waals surface area contributed by atoms with Crippen molar-refractivity contribution in [2.75, 3.05) is 32.1 Å². The van der Waals surface area contributed by atoms with Crippen molar-refractivity contribution in [2.45, 2.75) is 12.8 Å². The molecule has 134 valence electrons. The molecular weight excluding hydrogens is 352 g/mol. The van der Waals surface area contributed by atoms with E-state index >= 15 is 0 Å². The van der Waals surface area contributed by atoms with Gasteiger partial charge in [-0.15, -0.1) is 0 Å². The van der Waals surface area contributed by atoms with E-state index in [1.807, 2.05) is 4.90 Å². The molecule has 1 atom stereocenters. The maximum absolute atomic E-state index is 13.7. The molecule has 0 aliphatic carbocycles. The Balaban J connectivity index is 1.67. The van der Waals surface area contributed by atoms with Crippen molar-refractivity contribution < 1.29 is 23.1 Å². The summed E-state index contributed by atoms with van der Waals surface area (Å²) in [7, 11) is 1.32. The summed E-state index contributed by atoms with van der Waals surface area (Å²) in [6, 6.07) is 1.95. The fourth-order valence-electron chi connectivity index (χ4n) is 2.88. The molecule has 0 bridgehead atoms. The Morgan fingerprint density at radius 3 is 3.00 bits per heavy atom. The zero-order chi connectivity index (χ0) is 18.0. The van der Waals surface area contributed by atoms with Gasteiger partial charge >= 0.3 is 5.97 Å². The summed E-state index contributed by atoms with van der Waals surface area (Å²) in [5.74, 6) is -2.32. The standard InChI is InChI=1S/C16H17F2N3O3S/c1-24-13(22)8-21-4-2-3-9(7-21)15(23)20-16-19-14-11(18)5-10(17)6-12(14)25-16/h5-6,9H,2-4,7-8H2,1H3,(H,19,20,23). The average molecular weight is 369 g/mol. The van der Waals surface area contributed by atoms with E-state index in [1.54, 1.807) is 0 Å². The Morgan fingerprint density at radius 2 is 2.24 bits per heavy atom. The average Bonchev–Trinajstić information content (AvgIpc) is 2.97. The van der Waals surface area contributed by atoms with Crippen LogP contribution in [0.15, 0.2) is 12.1 Å². The number of likely N-dealkylation sites (tertiary alicyclic amines) is 1. The highest BCUT2D eigenvalue weighted by molar-refractivity contribution is 7.22. The van der Waals surface area contributed by atoms with E-state index in [1.165, 1.54) is 13.2 Å². The minimum absolute atomic E-state index is 0.0395. The first-order valence-corrected chi connectivity index (χ1v) is 8.63. The summed E-state index contributed by atoms with van der Waals surface area (Å²) in [4.78, 5) is 29.7. The van der Waals surface area contributed by atoms with Gasteiger partial charge in [-0.2, -0.15) is 0 Å². The number of fused-ring (bicyclic) bond motifs is 1. The third-order valence-corrected chi connectivity index (χ3v) is 5.02. The SMILES string of the molecule is COC(=O)CN1CCCC(C(=O)Nc2nc3c(F)cc(F)cc3s2)C1. The molecule has 0 radical (unpaired) electrons. The summed E-state index contributed by atoms with van der Waals surface area (Å²) < 4.78 is 31.9. The van der Waals surface area contributed by atoms with Gasteiger partial charge in [0.25, 0.3) is 0 Å². The number of carbonyl (C=O) groups excluding carboxylic acids is 2. The van der Waals surface area contributed by atoms with Gasteiger partial charge in [0.2, 0.25) is 5.91 Å². The molecule has 3 rings (SSSR count). The van der Waals surface area contributed by atoms with Crippen LogP contribution in [-0.4, -0.2) is 48.5 Å². The molecule has 1 N–H and O–H groups in total. The van der Waals surface area contributed by atoms with Gasteiger partial charge in [-0.3, -0.25) is 14.5 Å². The van der Waals surface area contributed by atoms with Crippen molar-refractivity contribution in [1.82, 2.24) is 9.88 Å². The van der Waals surface area contributed by atoms with E-state index in [2.05, 4.69) is 15.0 Å². The lowest BCUT2D eigenvalue weighted by Gasteiger charge is -2.30. The van der Waals surface area contributed by atoms with E-state index in [4.69, 9.17) is 0 Å². The van der Waals surface area contributed by atoms with Crippen molar-refractivity contribution in [2.24, 2.45) is 5.92 Å². The first-order chi connectivity index (χ1) is 12.0. The predicted molar refractivity (Wildman–Crippen MR) is 89.3 cm³/mol. The van der Waals surface area contributed by atoms with Gasteiger partial charge in [0.1, 0.15) is 11.3 Å². The number of nitrogens with zero attached hydrogens (tertiary/aromatic N) is 2. The summed E-state index contributed by atoms with van der Waals surface area (Å²) in [6.07, 6.45) is 1.48. The second-order valence-corrected chi connectivity index (χ2v) is 6.92. The van der Waals surface area contributed by atoms with Crippen LogP contribution in [0.4, 0.5) is 13.9 Å². The summed E-state index contributed by atoms with van der Waals surface area (Å²) in [5.41, 5.74) is 0.0395. The largest absolute Gasteiger partial charge is 0.468 e. The number of amides is 1. The number of halogens is 2. The van der Waals surface area contributed by atoms with Crippen LogP contribution in [-0.2, 0) is 14.3 Å². The lowest BCUT2D eigenvalue weighted by atomic mass is 9.97. The molecule has 2 aromatic rings. The number of aromatic nitrogens is 1. The number of nitrogens with one attached hydrogen (secondary N) is 1. The minimum Gasteiger partial charge on any atom is -0.468 e. The van der Waals surface area contributed by atoms with E-state index in [0.29, 0.717) is 17.7 Å². The van der Waals surface area contributed by atoms with Crippen molar-refractivity contribution in [3.63, 3.8) is 0 Å². The van der Waals surface area contributed by atoms with Crippen LogP contribution in [0.1, 0.15) is 12.8 Å². The number of methoxy groups -OCH3 is 1. The van der Waals surface area contributed by atoms with Gasteiger partial charge in [-0.1, -0.05) is 11.3 Å². The Hall–Kier alpha value is -2.13. The molecule has 1 amide bonds. The number of rotatable bonds is 4. The fourth-order valence-corrected chi connectivity index (χ4v) is 3.79. The zero-order valence-electron chi connectivity index (χ0n) is 13.6. The van der Waals surface area contributed by atoms with E-state index in [9.17, 15) is 18.4 Å². The Kier molecular flexibility index (Phi) is 5.24. The number of ether oxygens (including phenoxy) is 1. The number of esters is 1. The third kappa shape index (κ3) is 4.10. The normalized spacial score (nSPS) is 18.3. The molecule has 1 fully saturated rings. The lowest BCUT2D eigenvalue weighted by molar-refractivity contribution is -0.143. The smallest absolute Gasteiger partial charge is 0.319 e. The second kappa shape index (κ2) is 7.40. The number of carbonyl (C=O) groups is 2. The monoisotopic (exact) mass is 369 g/mol. The lowest BCUT2D eigenvalue weighted by Crippen LogP contribution is -2.43. The van der Waals surface area contributed by atoms with Gasteiger partial charge in [0.05, 0.1) is 24.3 Å². The molecule has 0 spiro atoms. The first-order valence-electron chi connectivity index (χ1n) is 7.82. The van der Waals surface area contributed by atoms with E-state index in [-0.39, 0.29) is 35.0 Å². The molecule has 6 nitrogen and oxygen atoms in total. The van der Waals surface area contributed by atoms with Crippen LogP contribution < -0.4 is 5.32 Å². The molecule has 1 unspecified atom stereocenters. The maximum Gasteiger partial charge on any atom is 0.319 e. The molecule has 1 saturated heterocycles. The Bertz CT molecular complexity index is 811. The van der Waals surface area contributed by atoms with Crippen LogP contribution in [0.2, 0.25) is 0 Å². The van der Waals surface area contributed by atoms with Crippen LogP contribution in [0, 0.1) is 17.6 Å². The van der Waals surface area contributed by atoms with Crippen LogP contribution >= 0.6 is 11.3 Å². The highest BCUT2D eigenvalue weighted by Crippen LogP contribution is 2.29. The van der Waals surface area contributed by atoms with Gasteiger partial charge < -0.3 is 10.1 Å². The molecule has 1 aliphatic rings. The fraction of sp³-hybridized carbons (Fsp3) is 0.438. The first kappa shape index (κ1) is 17.7. The number of benzene rings is 1. The van der Waals surface area contributed by atoms with Crippen LogP contribution in [0.25, 0.3) is 10.2 Å². The number of hydrogen-bond donors (Lipinski definition) is 1. The summed E-state index contributed by atoms with van der Waals surface area (Å²) in [5, 5.41) is 2.90. The molecule has 9 heteroatoms. The summed E-state index contributed by atoms with van der Waals surface area (Å²) >= 11 is 1.02. The molecule has 1 aromatic carbocycles. The van der Waals surface area contributed by atoms with Crippen molar-refractivity contribution in [3.8, 4) is 0 Å². The highest BCUT2D eigenvalue weighted by atomic mass is 32.1. The van der Waals surface area contributed by atoms with Crippen LogP contribution in [0.5, 0.6) is 0 Å². The highest BCUT2D eigenvalue weighted by Gasteiger charge is 2.27. The number of piperidine rings is 1. The van der Waals surface area contributed by atoms with Crippen molar-refractivity contribution >= 4 is 38.6 Å². The molecule has 1 aliphatic heterocycles. The molecule has 2 heterocycles. The minimum atomic E-state index is -0.756. The molecule has 25 heavy (non-hydrogen) atoms. The van der Waals surface area contributed by atoms with E-state index < -0.39 is 11.6 Å².